The molecule has 20 heavy (non-hydrogen) atoms. The second-order valence-electron chi connectivity index (χ2n) is 5.35. The third kappa shape index (κ3) is 4.12. The van der Waals surface area contributed by atoms with Crippen molar-refractivity contribution in [1.29, 1.82) is 0 Å². The average Bonchev–Trinajstić information content (AvgIpc) is 2.92. The monoisotopic (exact) mass is 271 g/mol. The molecule has 2 N–H and O–H groups in total. The van der Waals surface area contributed by atoms with Gasteiger partial charge in [0.1, 0.15) is 0 Å². The van der Waals surface area contributed by atoms with Crippen LogP contribution in [0.1, 0.15) is 45.4 Å². The molecule has 0 amide bonds. The molecule has 1 aromatic heterocycles. The van der Waals surface area contributed by atoms with Gasteiger partial charge in [0, 0.05) is 29.6 Å². The molecule has 1 heterocycles. The zero-order chi connectivity index (χ0) is 14.2. The van der Waals surface area contributed by atoms with Gasteiger partial charge < -0.3 is 5.73 Å². The summed E-state index contributed by atoms with van der Waals surface area (Å²) < 4.78 is 2.03. The van der Waals surface area contributed by atoms with E-state index >= 15 is 0 Å². The van der Waals surface area contributed by atoms with E-state index in [1.54, 1.807) is 0 Å². The summed E-state index contributed by atoms with van der Waals surface area (Å²) in [7, 11) is 0. The Morgan fingerprint density at radius 3 is 2.60 bits per heavy atom. The predicted molar refractivity (Wildman–Crippen MR) is 85.5 cm³/mol. The Kier molecular flexibility index (Phi) is 5.66. The minimum atomic E-state index is 0.812. The van der Waals surface area contributed by atoms with Gasteiger partial charge >= 0.3 is 0 Å². The van der Waals surface area contributed by atoms with Crippen molar-refractivity contribution in [3.8, 4) is 11.1 Å². The zero-order valence-corrected chi connectivity index (χ0v) is 12.4. The number of benzene rings is 1. The molecule has 0 fully saturated rings. The van der Waals surface area contributed by atoms with E-state index in [0.29, 0.717) is 0 Å². The van der Waals surface area contributed by atoms with Crippen molar-refractivity contribution in [2.24, 2.45) is 0 Å². The Balaban J connectivity index is 1.82. The van der Waals surface area contributed by atoms with E-state index < -0.39 is 0 Å². The number of para-hydroxylation sites is 1. The van der Waals surface area contributed by atoms with Gasteiger partial charge in [-0.05, 0) is 12.5 Å². The molecule has 0 aliphatic carbocycles. The predicted octanol–water partition coefficient (Wildman–Crippen LogP) is 4.49. The van der Waals surface area contributed by atoms with E-state index in [1.807, 2.05) is 35.1 Å². The second kappa shape index (κ2) is 7.73. The van der Waals surface area contributed by atoms with Crippen molar-refractivity contribution in [3.63, 3.8) is 0 Å². The molecular formula is C17H25N3. The van der Waals surface area contributed by atoms with E-state index in [1.165, 1.54) is 38.5 Å². The highest BCUT2D eigenvalue weighted by molar-refractivity contribution is 5.75. The van der Waals surface area contributed by atoms with Crippen LogP contribution in [-0.2, 0) is 6.54 Å². The highest BCUT2D eigenvalue weighted by atomic mass is 15.3. The van der Waals surface area contributed by atoms with Crippen LogP contribution in [0.4, 0.5) is 5.69 Å². The van der Waals surface area contributed by atoms with E-state index in [2.05, 4.69) is 18.2 Å². The van der Waals surface area contributed by atoms with E-state index in [4.69, 9.17) is 5.73 Å². The molecule has 0 spiro atoms. The molecule has 0 bridgehead atoms. The first-order chi connectivity index (χ1) is 9.81. The van der Waals surface area contributed by atoms with E-state index in [9.17, 15) is 0 Å². The molecule has 108 valence electrons. The maximum atomic E-state index is 5.99. The van der Waals surface area contributed by atoms with Crippen molar-refractivity contribution >= 4 is 5.69 Å². The van der Waals surface area contributed by atoms with Crippen LogP contribution in [-0.4, -0.2) is 9.78 Å². The normalized spacial score (nSPS) is 10.8. The van der Waals surface area contributed by atoms with Gasteiger partial charge in [0.15, 0.2) is 0 Å². The van der Waals surface area contributed by atoms with Gasteiger partial charge in [0.25, 0.3) is 0 Å². The Bertz CT molecular complexity index is 516. The number of nitrogen functional groups attached to an aromatic ring is 1. The molecular weight excluding hydrogens is 246 g/mol. The Labute approximate surface area is 121 Å². The van der Waals surface area contributed by atoms with Crippen LogP contribution < -0.4 is 5.73 Å². The van der Waals surface area contributed by atoms with Crippen LogP contribution in [0.3, 0.4) is 0 Å². The highest BCUT2D eigenvalue weighted by Crippen LogP contribution is 2.24. The lowest BCUT2D eigenvalue weighted by Crippen LogP contribution is -1.97. The van der Waals surface area contributed by atoms with Crippen molar-refractivity contribution < 1.29 is 0 Å². The summed E-state index contributed by atoms with van der Waals surface area (Å²) in [6.07, 6.45) is 11.9. The van der Waals surface area contributed by atoms with Gasteiger partial charge in [0.05, 0.1) is 6.20 Å². The lowest BCUT2D eigenvalue weighted by molar-refractivity contribution is 0.527. The first kappa shape index (κ1) is 14.6. The summed E-state index contributed by atoms with van der Waals surface area (Å²) in [5.41, 5.74) is 8.98. The van der Waals surface area contributed by atoms with Gasteiger partial charge in [0.2, 0.25) is 0 Å². The number of hydrogen-bond acceptors (Lipinski definition) is 2. The fourth-order valence-electron chi connectivity index (χ4n) is 2.44. The van der Waals surface area contributed by atoms with Crippen molar-refractivity contribution in [2.75, 3.05) is 5.73 Å². The van der Waals surface area contributed by atoms with Gasteiger partial charge in [-0.1, -0.05) is 57.2 Å². The molecule has 0 saturated carbocycles. The fraction of sp³-hybridized carbons (Fsp3) is 0.471. The Hall–Kier alpha value is -1.77. The summed E-state index contributed by atoms with van der Waals surface area (Å²) in [5, 5.41) is 4.43. The van der Waals surface area contributed by atoms with Crippen molar-refractivity contribution in [1.82, 2.24) is 9.78 Å². The SMILES string of the molecule is CCCCCCCCn1cc(-c2ccccc2N)cn1. The second-order valence-corrected chi connectivity index (χ2v) is 5.35. The summed E-state index contributed by atoms with van der Waals surface area (Å²) in [5.74, 6) is 0. The van der Waals surface area contributed by atoms with Gasteiger partial charge in [-0.25, -0.2) is 0 Å². The molecule has 0 unspecified atom stereocenters. The molecule has 0 radical (unpaired) electrons. The van der Waals surface area contributed by atoms with Crippen molar-refractivity contribution in [3.05, 3.63) is 36.7 Å². The molecule has 0 aliphatic heterocycles. The molecule has 0 atom stereocenters. The molecule has 3 heteroatoms. The summed E-state index contributed by atoms with van der Waals surface area (Å²) in [4.78, 5) is 0. The van der Waals surface area contributed by atoms with Gasteiger partial charge in [-0.2, -0.15) is 5.10 Å². The number of anilines is 1. The number of unbranched alkanes of at least 4 members (excludes halogenated alkanes) is 5. The average molecular weight is 271 g/mol. The smallest absolute Gasteiger partial charge is 0.0569 e. The number of aromatic nitrogens is 2. The van der Waals surface area contributed by atoms with E-state index in [-0.39, 0.29) is 0 Å². The van der Waals surface area contributed by atoms with Crippen LogP contribution in [0, 0.1) is 0 Å². The third-order valence-electron chi connectivity index (χ3n) is 3.65. The standard InChI is InChI=1S/C17H25N3/c1-2-3-4-5-6-9-12-20-14-15(13-19-20)16-10-7-8-11-17(16)18/h7-8,10-11,13-14H,2-6,9,12,18H2,1H3. The number of aryl methyl sites for hydroxylation is 1. The highest BCUT2D eigenvalue weighted by Gasteiger charge is 2.04. The van der Waals surface area contributed by atoms with Crippen molar-refractivity contribution in [2.45, 2.75) is 52.0 Å². The third-order valence-corrected chi connectivity index (χ3v) is 3.65. The molecule has 1 aromatic carbocycles. The first-order valence-electron chi connectivity index (χ1n) is 7.68. The number of hydrogen-bond donors (Lipinski definition) is 1. The van der Waals surface area contributed by atoms with Crippen LogP contribution in [0.25, 0.3) is 11.1 Å². The summed E-state index contributed by atoms with van der Waals surface area (Å²) in [6, 6.07) is 7.94. The minimum Gasteiger partial charge on any atom is -0.398 e. The van der Waals surface area contributed by atoms with Crippen LogP contribution >= 0.6 is 0 Å². The first-order valence-corrected chi connectivity index (χ1v) is 7.68. The largest absolute Gasteiger partial charge is 0.398 e. The number of nitrogens with two attached hydrogens (primary N) is 1. The van der Waals surface area contributed by atoms with E-state index in [0.717, 1.165) is 23.4 Å². The van der Waals surface area contributed by atoms with Gasteiger partial charge in [-0.15, -0.1) is 0 Å². The lowest BCUT2D eigenvalue weighted by Gasteiger charge is -2.03. The minimum absolute atomic E-state index is 0.812. The Morgan fingerprint density at radius 1 is 1.05 bits per heavy atom. The van der Waals surface area contributed by atoms with Gasteiger partial charge in [-0.3, -0.25) is 4.68 Å². The summed E-state index contributed by atoms with van der Waals surface area (Å²) in [6.45, 7) is 3.25. The topological polar surface area (TPSA) is 43.8 Å². The number of rotatable bonds is 8. The fourth-order valence-corrected chi connectivity index (χ4v) is 2.44. The van der Waals surface area contributed by atoms with Crippen LogP contribution in [0.2, 0.25) is 0 Å². The molecule has 0 aliphatic rings. The van der Waals surface area contributed by atoms with Crippen LogP contribution in [0.5, 0.6) is 0 Å². The van der Waals surface area contributed by atoms with Crippen LogP contribution in [0.15, 0.2) is 36.7 Å². The quantitative estimate of drug-likeness (QED) is 0.567. The zero-order valence-electron chi connectivity index (χ0n) is 12.4. The Morgan fingerprint density at radius 2 is 1.80 bits per heavy atom. The molecule has 2 aromatic rings. The number of nitrogens with zero attached hydrogens (tertiary/aromatic N) is 2. The lowest BCUT2D eigenvalue weighted by atomic mass is 10.1. The maximum Gasteiger partial charge on any atom is 0.0569 e. The molecule has 2 rings (SSSR count). The maximum absolute atomic E-state index is 5.99. The molecule has 3 nitrogen and oxygen atoms in total. The summed E-state index contributed by atoms with van der Waals surface area (Å²) >= 11 is 0. The molecule has 0 saturated heterocycles.